The summed E-state index contributed by atoms with van der Waals surface area (Å²) in [6.07, 6.45) is 0.823. The van der Waals surface area contributed by atoms with E-state index in [1.807, 2.05) is 12.1 Å². The van der Waals surface area contributed by atoms with E-state index in [0.29, 0.717) is 34.3 Å². The molecular formula is C20H20ClN3O3. The van der Waals surface area contributed by atoms with Crippen molar-refractivity contribution < 1.29 is 14.3 Å². The van der Waals surface area contributed by atoms with Crippen molar-refractivity contribution in [2.24, 2.45) is 0 Å². The normalized spacial score (nSPS) is 13.4. The fraction of sp³-hybridized carbons (Fsp3) is 0.300. The highest BCUT2D eigenvalue weighted by Crippen LogP contribution is 2.33. The zero-order valence-corrected chi connectivity index (χ0v) is 16.0. The smallest absolute Gasteiger partial charge is 0.238 e. The lowest BCUT2D eigenvalue weighted by atomic mass is 9.99. The van der Waals surface area contributed by atoms with Gasteiger partial charge in [0.05, 0.1) is 32.0 Å². The number of methoxy groups -OCH3 is 2. The number of carbonyl (C=O) groups is 1. The SMILES string of the molecule is COc1cc2c(cc1OC)CN(CC(=O)Nc1cc(Cl)ccc1C#N)CC2. The van der Waals surface area contributed by atoms with Crippen molar-refractivity contribution >= 4 is 23.2 Å². The molecule has 6 nitrogen and oxygen atoms in total. The minimum atomic E-state index is -0.183. The molecule has 27 heavy (non-hydrogen) atoms. The van der Waals surface area contributed by atoms with Gasteiger partial charge in [-0.3, -0.25) is 9.69 Å². The number of fused-ring (bicyclic) bond motifs is 1. The van der Waals surface area contributed by atoms with Crippen LogP contribution in [0, 0.1) is 11.3 Å². The quantitative estimate of drug-likeness (QED) is 0.855. The van der Waals surface area contributed by atoms with Crippen molar-refractivity contribution in [1.29, 1.82) is 5.26 Å². The van der Waals surface area contributed by atoms with E-state index in [1.54, 1.807) is 32.4 Å². The van der Waals surface area contributed by atoms with Gasteiger partial charge in [0.2, 0.25) is 5.91 Å². The van der Waals surface area contributed by atoms with Crippen LogP contribution in [0.1, 0.15) is 16.7 Å². The highest BCUT2D eigenvalue weighted by atomic mass is 35.5. The van der Waals surface area contributed by atoms with Crippen molar-refractivity contribution in [1.82, 2.24) is 4.90 Å². The first-order valence-corrected chi connectivity index (χ1v) is 8.87. The van der Waals surface area contributed by atoms with Gasteiger partial charge in [0.25, 0.3) is 0 Å². The monoisotopic (exact) mass is 385 g/mol. The van der Waals surface area contributed by atoms with Gasteiger partial charge >= 0.3 is 0 Å². The molecule has 3 rings (SSSR count). The van der Waals surface area contributed by atoms with Gasteiger partial charge in [-0.25, -0.2) is 0 Å². The molecule has 140 valence electrons. The number of amides is 1. The van der Waals surface area contributed by atoms with Gasteiger partial charge in [-0.15, -0.1) is 0 Å². The molecule has 0 atom stereocenters. The van der Waals surface area contributed by atoms with E-state index in [1.165, 1.54) is 5.56 Å². The molecular weight excluding hydrogens is 366 g/mol. The third-order valence-electron chi connectivity index (χ3n) is 4.54. The van der Waals surface area contributed by atoms with Crippen LogP contribution in [0.2, 0.25) is 5.02 Å². The van der Waals surface area contributed by atoms with E-state index >= 15 is 0 Å². The summed E-state index contributed by atoms with van der Waals surface area (Å²) >= 11 is 5.97. The third-order valence-corrected chi connectivity index (χ3v) is 4.78. The Hall–Kier alpha value is -2.75. The second-order valence-electron chi connectivity index (χ2n) is 6.29. The number of anilines is 1. The van der Waals surface area contributed by atoms with Crippen molar-refractivity contribution in [3.8, 4) is 17.6 Å². The molecule has 0 saturated carbocycles. The molecule has 0 saturated heterocycles. The predicted octanol–water partition coefficient (Wildman–Crippen LogP) is 3.23. The first kappa shape index (κ1) is 19.0. The number of hydrogen-bond donors (Lipinski definition) is 1. The summed E-state index contributed by atoms with van der Waals surface area (Å²) in [6, 6.07) is 10.8. The number of ether oxygens (including phenoxy) is 2. The third kappa shape index (κ3) is 4.33. The Morgan fingerprint density at radius 2 is 1.93 bits per heavy atom. The Labute approximate surface area is 163 Å². The molecule has 2 aromatic rings. The standard InChI is InChI=1S/C20H20ClN3O3/c1-26-18-7-13-5-6-24(11-15(13)8-19(18)27-2)12-20(25)23-17-9-16(21)4-3-14(17)10-22/h3-4,7-9H,5-6,11-12H2,1-2H3,(H,23,25). The van der Waals surface area contributed by atoms with E-state index < -0.39 is 0 Å². The maximum absolute atomic E-state index is 12.4. The van der Waals surface area contributed by atoms with E-state index in [4.69, 9.17) is 26.3 Å². The van der Waals surface area contributed by atoms with Gasteiger partial charge in [0.15, 0.2) is 11.5 Å². The van der Waals surface area contributed by atoms with Crippen LogP contribution in [0.25, 0.3) is 0 Å². The average molecular weight is 386 g/mol. The number of rotatable bonds is 5. The van der Waals surface area contributed by atoms with Crippen LogP contribution < -0.4 is 14.8 Å². The Bertz CT molecular complexity index is 908. The fourth-order valence-electron chi connectivity index (χ4n) is 3.19. The van der Waals surface area contributed by atoms with Gasteiger partial charge in [-0.2, -0.15) is 5.26 Å². The van der Waals surface area contributed by atoms with E-state index in [0.717, 1.165) is 18.5 Å². The van der Waals surface area contributed by atoms with Gasteiger partial charge in [-0.1, -0.05) is 11.6 Å². The average Bonchev–Trinajstić information content (AvgIpc) is 2.66. The summed E-state index contributed by atoms with van der Waals surface area (Å²) in [6.45, 7) is 1.63. The molecule has 1 N–H and O–H groups in total. The maximum Gasteiger partial charge on any atom is 0.238 e. The lowest BCUT2D eigenvalue weighted by molar-refractivity contribution is -0.117. The number of halogens is 1. The van der Waals surface area contributed by atoms with Crippen LogP contribution in [0.4, 0.5) is 5.69 Å². The largest absolute Gasteiger partial charge is 0.493 e. The zero-order chi connectivity index (χ0) is 19.4. The number of nitriles is 1. The lowest BCUT2D eigenvalue weighted by Gasteiger charge is -2.29. The van der Waals surface area contributed by atoms with Crippen LogP contribution in [-0.4, -0.2) is 38.1 Å². The summed E-state index contributed by atoms with van der Waals surface area (Å²) in [5, 5.41) is 12.4. The van der Waals surface area contributed by atoms with E-state index in [-0.39, 0.29) is 12.5 Å². The number of carbonyl (C=O) groups excluding carboxylic acids is 1. The highest BCUT2D eigenvalue weighted by molar-refractivity contribution is 6.31. The Balaban J connectivity index is 1.69. The van der Waals surface area contributed by atoms with Crippen LogP contribution in [-0.2, 0) is 17.8 Å². The molecule has 0 bridgehead atoms. The maximum atomic E-state index is 12.4. The van der Waals surface area contributed by atoms with Gasteiger partial charge in [0.1, 0.15) is 6.07 Å². The van der Waals surface area contributed by atoms with Crippen molar-refractivity contribution in [3.05, 3.63) is 52.0 Å². The second kappa shape index (κ2) is 8.30. The first-order chi connectivity index (χ1) is 13.0. The molecule has 0 unspecified atom stereocenters. The topological polar surface area (TPSA) is 74.6 Å². The Morgan fingerprint density at radius 1 is 1.22 bits per heavy atom. The molecule has 0 radical (unpaired) electrons. The van der Waals surface area contributed by atoms with E-state index in [2.05, 4.69) is 16.3 Å². The summed E-state index contributed by atoms with van der Waals surface area (Å²) in [7, 11) is 3.23. The Morgan fingerprint density at radius 3 is 2.59 bits per heavy atom. The molecule has 0 spiro atoms. The molecule has 0 fully saturated rings. The minimum absolute atomic E-state index is 0.183. The fourth-order valence-corrected chi connectivity index (χ4v) is 3.36. The summed E-state index contributed by atoms with van der Waals surface area (Å²) in [5.41, 5.74) is 3.13. The molecule has 1 aliphatic heterocycles. The molecule has 1 amide bonds. The summed E-state index contributed by atoms with van der Waals surface area (Å²) in [4.78, 5) is 14.5. The van der Waals surface area contributed by atoms with Crippen LogP contribution in [0.3, 0.4) is 0 Å². The minimum Gasteiger partial charge on any atom is -0.493 e. The summed E-state index contributed by atoms with van der Waals surface area (Å²) < 4.78 is 10.7. The number of hydrogen-bond acceptors (Lipinski definition) is 5. The summed E-state index contributed by atoms with van der Waals surface area (Å²) in [5.74, 6) is 1.21. The highest BCUT2D eigenvalue weighted by Gasteiger charge is 2.21. The van der Waals surface area contributed by atoms with Gasteiger partial charge in [-0.05, 0) is 47.9 Å². The molecule has 1 aliphatic rings. The van der Waals surface area contributed by atoms with Gasteiger partial charge < -0.3 is 14.8 Å². The van der Waals surface area contributed by atoms with Crippen LogP contribution in [0.5, 0.6) is 11.5 Å². The van der Waals surface area contributed by atoms with Crippen molar-refractivity contribution in [3.63, 3.8) is 0 Å². The van der Waals surface area contributed by atoms with Crippen LogP contribution >= 0.6 is 11.6 Å². The predicted molar refractivity (Wildman–Crippen MR) is 103 cm³/mol. The van der Waals surface area contributed by atoms with Crippen molar-refractivity contribution in [2.45, 2.75) is 13.0 Å². The number of nitrogens with one attached hydrogen (secondary N) is 1. The Kier molecular flexibility index (Phi) is 5.84. The molecule has 2 aromatic carbocycles. The molecule has 0 aliphatic carbocycles. The number of nitrogens with zero attached hydrogens (tertiary/aromatic N) is 2. The molecule has 1 heterocycles. The number of benzene rings is 2. The second-order valence-corrected chi connectivity index (χ2v) is 6.72. The lowest BCUT2D eigenvalue weighted by Crippen LogP contribution is -2.37. The van der Waals surface area contributed by atoms with Crippen LogP contribution in [0.15, 0.2) is 30.3 Å². The van der Waals surface area contributed by atoms with Crippen molar-refractivity contribution in [2.75, 3.05) is 32.6 Å². The zero-order valence-electron chi connectivity index (χ0n) is 15.2. The molecule has 7 heteroatoms. The van der Waals surface area contributed by atoms with Gasteiger partial charge in [0, 0.05) is 18.1 Å². The van der Waals surface area contributed by atoms with E-state index in [9.17, 15) is 4.79 Å². The first-order valence-electron chi connectivity index (χ1n) is 8.49. The molecule has 0 aromatic heterocycles.